The molecular weight excluding hydrogens is 385 g/mol. The van der Waals surface area contributed by atoms with Crippen molar-refractivity contribution >= 4 is 18.5 Å². The standard InChI is InChI=1S/C22H28BNO6/c1-21(2)22(3,4)30-23(29-21)17-10-7-15(8-11-17)14-28-24-20(25)16-9-12-18(26-5)19(13-16)27-6/h7-13H,14H2,1-6H3,(H,24,25). The van der Waals surface area contributed by atoms with Crippen LogP contribution in [0.3, 0.4) is 0 Å². The van der Waals surface area contributed by atoms with Gasteiger partial charge in [0.25, 0.3) is 5.91 Å². The van der Waals surface area contributed by atoms with E-state index in [9.17, 15) is 4.79 Å². The van der Waals surface area contributed by atoms with Crippen LogP contribution in [0.4, 0.5) is 0 Å². The third-order valence-electron chi connectivity index (χ3n) is 5.55. The number of carbonyl (C=O) groups is 1. The van der Waals surface area contributed by atoms with Gasteiger partial charge in [0.1, 0.15) is 0 Å². The number of hydrogen-bond donors (Lipinski definition) is 1. The first kappa shape index (κ1) is 22.1. The minimum atomic E-state index is -0.408. The zero-order chi connectivity index (χ0) is 21.9. The minimum Gasteiger partial charge on any atom is -0.493 e. The third-order valence-corrected chi connectivity index (χ3v) is 5.55. The van der Waals surface area contributed by atoms with Crippen LogP contribution in [0.15, 0.2) is 42.5 Å². The number of ether oxygens (including phenoxy) is 2. The Morgan fingerprint density at radius 2 is 1.53 bits per heavy atom. The molecule has 1 N–H and O–H groups in total. The Kier molecular flexibility index (Phi) is 6.40. The van der Waals surface area contributed by atoms with Gasteiger partial charge < -0.3 is 18.8 Å². The Balaban J connectivity index is 1.54. The normalized spacial score (nSPS) is 16.9. The summed E-state index contributed by atoms with van der Waals surface area (Å²) in [6.07, 6.45) is 0. The molecule has 0 unspecified atom stereocenters. The van der Waals surface area contributed by atoms with Gasteiger partial charge in [0, 0.05) is 5.56 Å². The molecule has 1 saturated heterocycles. The highest BCUT2D eigenvalue weighted by molar-refractivity contribution is 6.62. The average Bonchev–Trinajstić information content (AvgIpc) is 2.94. The summed E-state index contributed by atoms with van der Waals surface area (Å²) in [4.78, 5) is 17.7. The molecule has 7 nitrogen and oxygen atoms in total. The van der Waals surface area contributed by atoms with E-state index in [4.69, 9.17) is 23.6 Å². The summed E-state index contributed by atoms with van der Waals surface area (Å²) in [5, 5.41) is 0. The predicted molar refractivity (Wildman–Crippen MR) is 114 cm³/mol. The van der Waals surface area contributed by atoms with Crippen LogP contribution in [0, 0.1) is 0 Å². The van der Waals surface area contributed by atoms with E-state index in [1.807, 2.05) is 52.0 Å². The van der Waals surface area contributed by atoms with Crippen molar-refractivity contribution < 1.29 is 28.4 Å². The number of hydrogen-bond acceptors (Lipinski definition) is 6. The topological polar surface area (TPSA) is 75.3 Å². The number of rotatable bonds is 7. The van der Waals surface area contributed by atoms with Gasteiger partial charge in [0.05, 0.1) is 32.0 Å². The maximum Gasteiger partial charge on any atom is 0.494 e. The molecule has 0 bridgehead atoms. The molecule has 0 aliphatic carbocycles. The van der Waals surface area contributed by atoms with E-state index in [1.54, 1.807) is 25.3 Å². The highest BCUT2D eigenvalue weighted by Crippen LogP contribution is 2.36. The fraction of sp³-hybridized carbons (Fsp3) is 0.409. The molecule has 30 heavy (non-hydrogen) atoms. The molecule has 0 aromatic heterocycles. The van der Waals surface area contributed by atoms with Crippen LogP contribution in [0.2, 0.25) is 0 Å². The van der Waals surface area contributed by atoms with Crippen LogP contribution < -0.4 is 20.4 Å². The summed E-state index contributed by atoms with van der Waals surface area (Å²) in [5.41, 5.74) is 3.93. The van der Waals surface area contributed by atoms with Crippen molar-refractivity contribution in [2.45, 2.75) is 45.5 Å². The fourth-order valence-electron chi connectivity index (χ4n) is 2.97. The van der Waals surface area contributed by atoms with E-state index in [1.165, 1.54) is 7.11 Å². The number of nitrogens with one attached hydrogen (secondary N) is 1. The first-order chi connectivity index (χ1) is 14.2. The van der Waals surface area contributed by atoms with Gasteiger partial charge in [0.2, 0.25) is 0 Å². The Morgan fingerprint density at radius 1 is 0.933 bits per heavy atom. The second-order valence-electron chi connectivity index (χ2n) is 8.12. The number of benzene rings is 2. The van der Waals surface area contributed by atoms with Gasteiger partial charge in [-0.25, -0.2) is 5.48 Å². The van der Waals surface area contributed by atoms with Gasteiger partial charge in [-0.2, -0.15) is 0 Å². The van der Waals surface area contributed by atoms with Gasteiger partial charge in [0.15, 0.2) is 11.5 Å². The molecule has 2 aromatic carbocycles. The first-order valence-electron chi connectivity index (χ1n) is 9.75. The quantitative estimate of drug-likeness (QED) is 0.556. The molecule has 160 valence electrons. The second-order valence-corrected chi connectivity index (χ2v) is 8.12. The molecule has 1 aliphatic heterocycles. The van der Waals surface area contributed by atoms with E-state index < -0.39 is 7.12 Å². The van der Waals surface area contributed by atoms with E-state index in [0.29, 0.717) is 17.1 Å². The summed E-state index contributed by atoms with van der Waals surface area (Å²) < 4.78 is 22.5. The first-order valence-corrected chi connectivity index (χ1v) is 9.75. The molecule has 1 heterocycles. The molecule has 3 rings (SSSR count). The SMILES string of the molecule is COc1ccc(C(=O)NOCc2ccc(B3OC(C)(C)C(C)(C)O3)cc2)cc1OC. The maximum atomic E-state index is 12.3. The third kappa shape index (κ3) is 4.61. The Labute approximate surface area is 177 Å². The lowest BCUT2D eigenvalue weighted by Gasteiger charge is -2.32. The fourth-order valence-corrected chi connectivity index (χ4v) is 2.97. The Bertz CT molecular complexity index is 881. The summed E-state index contributed by atoms with van der Waals surface area (Å²) in [5.74, 6) is 0.658. The lowest BCUT2D eigenvalue weighted by atomic mass is 9.79. The van der Waals surface area contributed by atoms with E-state index in [2.05, 4.69) is 5.48 Å². The van der Waals surface area contributed by atoms with Crippen molar-refractivity contribution in [3.8, 4) is 11.5 Å². The van der Waals surface area contributed by atoms with Crippen LogP contribution >= 0.6 is 0 Å². The van der Waals surface area contributed by atoms with Gasteiger partial charge >= 0.3 is 7.12 Å². The predicted octanol–water partition coefficient (Wildman–Crippen LogP) is 2.86. The monoisotopic (exact) mass is 413 g/mol. The van der Waals surface area contributed by atoms with Crippen molar-refractivity contribution in [1.82, 2.24) is 5.48 Å². The summed E-state index contributed by atoms with van der Waals surface area (Å²) in [6.45, 7) is 8.32. The zero-order valence-electron chi connectivity index (χ0n) is 18.3. The van der Waals surface area contributed by atoms with Gasteiger partial charge in [-0.15, -0.1) is 0 Å². The maximum absolute atomic E-state index is 12.3. The van der Waals surface area contributed by atoms with E-state index >= 15 is 0 Å². The van der Waals surface area contributed by atoms with Crippen LogP contribution in [-0.4, -0.2) is 38.4 Å². The van der Waals surface area contributed by atoms with Crippen LogP contribution in [0.25, 0.3) is 0 Å². The highest BCUT2D eigenvalue weighted by Gasteiger charge is 2.51. The van der Waals surface area contributed by atoms with Gasteiger partial charge in [-0.3, -0.25) is 9.63 Å². The van der Waals surface area contributed by atoms with Crippen LogP contribution in [0.1, 0.15) is 43.6 Å². The molecule has 0 saturated carbocycles. The van der Waals surface area contributed by atoms with Gasteiger partial charge in [-0.05, 0) is 56.9 Å². The molecule has 1 amide bonds. The summed E-state index contributed by atoms with van der Waals surface area (Å²) >= 11 is 0. The van der Waals surface area contributed by atoms with Gasteiger partial charge in [-0.1, -0.05) is 24.3 Å². The molecule has 0 spiro atoms. The number of hydroxylamine groups is 1. The number of carbonyl (C=O) groups excluding carboxylic acids is 1. The average molecular weight is 413 g/mol. The summed E-state index contributed by atoms with van der Waals surface area (Å²) in [6, 6.07) is 12.6. The van der Waals surface area contributed by atoms with Crippen molar-refractivity contribution in [3.63, 3.8) is 0 Å². The molecule has 2 aromatic rings. The molecule has 1 fully saturated rings. The second kappa shape index (κ2) is 8.67. The van der Waals surface area contributed by atoms with Crippen molar-refractivity contribution in [3.05, 3.63) is 53.6 Å². The molecule has 0 atom stereocenters. The lowest BCUT2D eigenvalue weighted by Crippen LogP contribution is -2.41. The Hall–Kier alpha value is -2.55. The Morgan fingerprint density at radius 3 is 2.10 bits per heavy atom. The van der Waals surface area contributed by atoms with E-state index in [-0.39, 0.29) is 23.7 Å². The molecule has 8 heteroatoms. The van der Waals surface area contributed by atoms with Crippen LogP contribution in [0.5, 0.6) is 11.5 Å². The van der Waals surface area contributed by atoms with Crippen molar-refractivity contribution in [1.29, 1.82) is 0 Å². The zero-order valence-corrected chi connectivity index (χ0v) is 18.3. The lowest BCUT2D eigenvalue weighted by molar-refractivity contribution is 0.00578. The molecule has 0 radical (unpaired) electrons. The largest absolute Gasteiger partial charge is 0.494 e. The number of methoxy groups -OCH3 is 2. The summed E-state index contributed by atoms with van der Waals surface area (Å²) in [7, 11) is 2.65. The number of amides is 1. The van der Waals surface area contributed by atoms with Crippen molar-refractivity contribution in [2.75, 3.05) is 14.2 Å². The van der Waals surface area contributed by atoms with E-state index in [0.717, 1.165) is 11.0 Å². The smallest absolute Gasteiger partial charge is 0.493 e. The van der Waals surface area contributed by atoms with Crippen molar-refractivity contribution in [2.24, 2.45) is 0 Å². The van der Waals surface area contributed by atoms with Crippen LogP contribution in [-0.2, 0) is 20.8 Å². The minimum absolute atomic E-state index is 0.225. The molecule has 1 aliphatic rings. The highest BCUT2D eigenvalue weighted by atomic mass is 16.7. The molecular formula is C22H28BNO6.